The van der Waals surface area contributed by atoms with E-state index in [0.717, 1.165) is 5.92 Å². The normalized spacial score (nSPS) is 31.0. The standard InChI is InChI=1S/C7H12Br2/c1-7(2)4-5(7)3-6(8)9/h5-6H,3-4H2,1-2H3. The highest BCUT2D eigenvalue weighted by atomic mass is 79.9. The first-order chi connectivity index (χ1) is 4.02. The van der Waals surface area contributed by atoms with Crippen LogP contribution in [0.2, 0.25) is 0 Å². The maximum atomic E-state index is 3.48. The summed E-state index contributed by atoms with van der Waals surface area (Å²) in [6.07, 6.45) is 2.67. The summed E-state index contributed by atoms with van der Waals surface area (Å²) >= 11 is 6.97. The summed E-state index contributed by atoms with van der Waals surface area (Å²) in [5, 5.41) is 0. The monoisotopic (exact) mass is 254 g/mol. The minimum absolute atomic E-state index is 0.525. The Morgan fingerprint density at radius 2 is 2.00 bits per heavy atom. The quantitative estimate of drug-likeness (QED) is 0.663. The summed E-state index contributed by atoms with van der Waals surface area (Å²) in [7, 11) is 0. The van der Waals surface area contributed by atoms with Crippen molar-refractivity contribution < 1.29 is 0 Å². The van der Waals surface area contributed by atoms with E-state index in [-0.39, 0.29) is 0 Å². The highest BCUT2D eigenvalue weighted by molar-refractivity contribution is 9.24. The molecule has 0 aromatic carbocycles. The summed E-state index contributed by atoms with van der Waals surface area (Å²) in [6.45, 7) is 4.67. The predicted molar refractivity (Wildman–Crippen MR) is 48.1 cm³/mol. The van der Waals surface area contributed by atoms with Gasteiger partial charge in [-0.25, -0.2) is 0 Å². The zero-order valence-electron chi connectivity index (χ0n) is 5.82. The highest BCUT2D eigenvalue weighted by Gasteiger charge is 2.45. The highest BCUT2D eigenvalue weighted by Crippen LogP contribution is 2.55. The fraction of sp³-hybridized carbons (Fsp3) is 1.00. The molecule has 0 bridgehead atoms. The van der Waals surface area contributed by atoms with Crippen LogP contribution in [0.3, 0.4) is 0 Å². The Balaban J connectivity index is 2.20. The second-order valence-corrected chi connectivity index (χ2v) is 6.96. The Hall–Kier alpha value is 0.960. The lowest BCUT2D eigenvalue weighted by Gasteiger charge is -2.02. The molecule has 54 valence electrons. The fourth-order valence-electron chi connectivity index (χ4n) is 1.19. The lowest BCUT2D eigenvalue weighted by Crippen LogP contribution is -1.94. The summed E-state index contributed by atoms with van der Waals surface area (Å²) < 4.78 is 0.525. The first-order valence-corrected chi connectivity index (χ1v) is 5.13. The van der Waals surface area contributed by atoms with Gasteiger partial charge in [0.15, 0.2) is 0 Å². The van der Waals surface area contributed by atoms with E-state index < -0.39 is 0 Å². The maximum absolute atomic E-state index is 3.48. The van der Waals surface area contributed by atoms with Crippen molar-refractivity contribution in [2.24, 2.45) is 11.3 Å². The van der Waals surface area contributed by atoms with Crippen LogP contribution in [0.25, 0.3) is 0 Å². The number of alkyl halides is 2. The molecule has 1 fully saturated rings. The molecule has 0 N–H and O–H groups in total. The van der Waals surface area contributed by atoms with Crippen LogP contribution < -0.4 is 0 Å². The van der Waals surface area contributed by atoms with Crippen LogP contribution in [0.4, 0.5) is 0 Å². The number of rotatable bonds is 2. The van der Waals surface area contributed by atoms with Gasteiger partial charge in [-0.2, -0.15) is 0 Å². The lowest BCUT2D eigenvalue weighted by atomic mass is 10.1. The Morgan fingerprint density at radius 3 is 2.11 bits per heavy atom. The summed E-state index contributed by atoms with van der Waals surface area (Å²) in [5.41, 5.74) is 0.639. The molecule has 0 heterocycles. The van der Waals surface area contributed by atoms with Crippen molar-refractivity contribution in [3.63, 3.8) is 0 Å². The van der Waals surface area contributed by atoms with Crippen molar-refractivity contribution in [3.05, 3.63) is 0 Å². The molecule has 0 aliphatic heterocycles. The molecule has 0 radical (unpaired) electrons. The molecule has 1 aliphatic rings. The Bertz CT molecular complexity index is 107. The lowest BCUT2D eigenvalue weighted by molar-refractivity contribution is 0.549. The Kier molecular flexibility index (Phi) is 2.27. The molecule has 1 rings (SSSR count). The summed E-state index contributed by atoms with van der Waals surface area (Å²) in [4.78, 5) is 0. The van der Waals surface area contributed by atoms with Crippen LogP contribution in [-0.2, 0) is 0 Å². The van der Waals surface area contributed by atoms with Crippen molar-refractivity contribution in [2.75, 3.05) is 0 Å². The number of hydrogen-bond acceptors (Lipinski definition) is 0. The molecule has 0 aromatic rings. The van der Waals surface area contributed by atoms with E-state index in [0.29, 0.717) is 9.15 Å². The average molecular weight is 256 g/mol. The number of halogens is 2. The van der Waals surface area contributed by atoms with Gasteiger partial charge in [-0.05, 0) is 24.2 Å². The third-order valence-electron chi connectivity index (χ3n) is 2.18. The van der Waals surface area contributed by atoms with Gasteiger partial charge in [0.2, 0.25) is 0 Å². The van der Waals surface area contributed by atoms with Crippen LogP contribution in [0.5, 0.6) is 0 Å². The Labute approximate surface area is 73.7 Å². The first kappa shape index (κ1) is 8.06. The van der Waals surface area contributed by atoms with Gasteiger partial charge in [0.1, 0.15) is 0 Å². The summed E-state index contributed by atoms with van der Waals surface area (Å²) in [6, 6.07) is 0. The predicted octanol–water partition coefficient (Wildman–Crippen LogP) is 3.54. The van der Waals surface area contributed by atoms with Crippen LogP contribution >= 0.6 is 31.9 Å². The first-order valence-electron chi connectivity index (χ1n) is 3.30. The molecule has 1 unspecified atom stereocenters. The van der Waals surface area contributed by atoms with Gasteiger partial charge < -0.3 is 0 Å². The molecule has 0 saturated heterocycles. The van der Waals surface area contributed by atoms with Gasteiger partial charge in [0.05, 0.1) is 3.74 Å². The molecule has 1 atom stereocenters. The second-order valence-electron chi connectivity index (χ2n) is 3.52. The van der Waals surface area contributed by atoms with Crippen molar-refractivity contribution in [2.45, 2.75) is 30.4 Å². The van der Waals surface area contributed by atoms with E-state index in [2.05, 4.69) is 45.7 Å². The van der Waals surface area contributed by atoms with Gasteiger partial charge in [-0.3, -0.25) is 0 Å². The smallest absolute Gasteiger partial charge is 0.0700 e. The molecule has 0 aromatic heterocycles. The van der Waals surface area contributed by atoms with Crippen molar-refractivity contribution in [1.29, 1.82) is 0 Å². The van der Waals surface area contributed by atoms with E-state index >= 15 is 0 Å². The maximum Gasteiger partial charge on any atom is 0.0700 e. The molecule has 1 saturated carbocycles. The van der Waals surface area contributed by atoms with Crippen LogP contribution in [0.15, 0.2) is 0 Å². The zero-order valence-corrected chi connectivity index (χ0v) is 9.00. The molecule has 2 heteroatoms. The van der Waals surface area contributed by atoms with E-state index in [1.54, 1.807) is 0 Å². The van der Waals surface area contributed by atoms with Crippen LogP contribution in [-0.4, -0.2) is 3.74 Å². The molecular formula is C7H12Br2. The zero-order chi connectivity index (χ0) is 7.07. The van der Waals surface area contributed by atoms with E-state index in [1.807, 2.05) is 0 Å². The van der Waals surface area contributed by atoms with Gasteiger partial charge in [-0.1, -0.05) is 45.7 Å². The molecule has 1 aliphatic carbocycles. The fourth-order valence-corrected chi connectivity index (χ4v) is 2.10. The summed E-state index contributed by atoms with van der Waals surface area (Å²) in [5.74, 6) is 0.946. The SMILES string of the molecule is CC1(C)CC1CC(Br)Br. The van der Waals surface area contributed by atoms with E-state index in [4.69, 9.17) is 0 Å². The van der Waals surface area contributed by atoms with Gasteiger partial charge in [0, 0.05) is 0 Å². The second kappa shape index (κ2) is 2.54. The van der Waals surface area contributed by atoms with Gasteiger partial charge >= 0.3 is 0 Å². The molecule has 0 nitrogen and oxygen atoms in total. The topological polar surface area (TPSA) is 0 Å². The van der Waals surface area contributed by atoms with Crippen molar-refractivity contribution in [1.82, 2.24) is 0 Å². The number of hydrogen-bond donors (Lipinski definition) is 0. The minimum Gasteiger partial charge on any atom is -0.0765 e. The minimum atomic E-state index is 0.525. The Morgan fingerprint density at radius 1 is 1.56 bits per heavy atom. The third kappa shape index (κ3) is 2.23. The molecule has 9 heavy (non-hydrogen) atoms. The van der Waals surface area contributed by atoms with Crippen LogP contribution in [0, 0.1) is 11.3 Å². The average Bonchev–Trinajstić information content (AvgIpc) is 2.10. The van der Waals surface area contributed by atoms with E-state index in [1.165, 1.54) is 12.8 Å². The molecule has 0 amide bonds. The molecular weight excluding hydrogens is 244 g/mol. The largest absolute Gasteiger partial charge is 0.0765 e. The van der Waals surface area contributed by atoms with Crippen LogP contribution in [0.1, 0.15) is 26.7 Å². The van der Waals surface area contributed by atoms with Gasteiger partial charge in [0.25, 0.3) is 0 Å². The van der Waals surface area contributed by atoms with Crippen molar-refractivity contribution in [3.8, 4) is 0 Å². The van der Waals surface area contributed by atoms with Crippen molar-refractivity contribution >= 4 is 31.9 Å². The van der Waals surface area contributed by atoms with Gasteiger partial charge in [-0.15, -0.1) is 0 Å². The molecule has 0 spiro atoms. The third-order valence-corrected chi connectivity index (χ3v) is 2.93. The van der Waals surface area contributed by atoms with E-state index in [9.17, 15) is 0 Å².